The summed E-state index contributed by atoms with van der Waals surface area (Å²) < 4.78 is 16.6. The Bertz CT molecular complexity index is 1370. The maximum Gasteiger partial charge on any atom is 0.256 e. The van der Waals surface area contributed by atoms with Crippen LogP contribution in [-0.2, 0) is 16.0 Å². The zero-order valence-electron chi connectivity index (χ0n) is 22.7. The molecule has 10 heteroatoms. The standard InChI is InChI=1S/C30H32ClN3O5S/c1-4-38-26-14-9-20(17-27(26)39-5-2)15-16-33-25(19-28(35)32-22-10-12-24(37-3)13-11-22)29(36)34(30(33)40)23-8-6-7-21(31)18-23/h6-14,17-18,25H,4-5,15-16,19H2,1-3H3,(H,32,35)/t25-/m1/s1. The number of methoxy groups -OCH3 is 1. The van der Waals surface area contributed by atoms with Crippen LogP contribution in [0.25, 0.3) is 0 Å². The van der Waals surface area contributed by atoms with Crippen molar-refractivity contribution in [3.05, 3.63) is 77.3 Å². The lowest BCUT2D eigenvalue weighted by atomic mass is 10.1. The van der Waals surface area contributed by atoms with Crippen molar-refractivity contribution in [3.63, 3.8) is 0 Å². The number of benzene rings is 3. The number of nitrogens with zero attached hydrogens (tertiary/aromatic N) is 2. The molecule has 1 aliphatic rings. The Morgan fingerprint density at radius 3 is 2.40 bits per heavy atom. The predicted molar refractivity (Wildman–Crippen MR) is 161 cm³/mol. The van der Waals surface area contributed by atoms with Gasteiger partial charge in [0.05, 0.1) is 32.4 Å². The molecule has 1 heterocycles. The minimum absolute atomic E-state index is 0.0739. The second kappa shape index (κ2) is 13.5. The normalized spacial score (nSPS) is 14.8. The summed E-state index contributed by atoms with van der Waals surface area (Å²) in [4.78, 5) is 30.0. The molecule has 0 aliphatic carbocycles. The number of thiocarbonyl (C=S) groups is 1. The first-order valence-corrected chi connectivity index (χ1v) is 13.9. The molecule has 0 radical (unpaired) electrons. The van der Waals surface area contributed by atoms with E-state index in [1.807, 2.05) is 36.9 Å². The van der Waals surface area contributed by atoms with E-state index >= 15 is 0 Å². The van der Waals surface area contributed by atoms with Crippen LogP contribution >= 0.6 is 23.8 Å². The summed E-state index contributed by atoms with van der Waals surface area (Å²) in [7, 11) is 1.58. The third-order valence-electron chi connectivity index (χ3n) is 6.39. The number of ether oxygens (including phenoxy) is 3. The quantitative estimate of drug-likeness (QED) is 0.274. The summed E-state index contributed by atoms with van der Waals surface area (Å²) in [6.07, 6.45) is 0.495. The minimum Gasteiger partial charge on any atom is -0.497 e. The third-order valence-corrected chi connectivity index (χ3v) is 7.04. The maximum absolute atomic E-state index is 13.7. The topological polar surface area (TPSA) is 80.3 Å². The lowest BCUT2D eigenvalue weighted by Crippen LogP contribution is -2.39. The molecule has 1 saturated heterocycles. The van der Waals surface area contributed by atoms with E-state index in [9.17, 15) is 9.59 Å². The SMILES string of the molecule is CCOc1ccc(CCN2C(=S)N(c3cccc(Cl)c3)C(=O)[C@H]2CC(=O)Nc2ccc(OC)cc2)cc1OCC. The number of halogens is 1. The first-order chi connectivity index (χ1) is 19.3. The molecule has 0 aromatic heterocycles. The molecule has 2 amide bonds. The Kier molecular flexibility index (Phi) is 9.84. The average molecular weight is 582 g/mol. The van der Waals surface area contributed by atoms with E-state index in [0.717, 1.165) is 5.56 Å². The Morgan fingerprint density at radius 2 is 1.73 bits per heavy atom. The van der Waals surface area contributed by atoms with Gasteiger partial charge in [-0.1, -0.05) is 23.7 Å². The van der Waals surface area contributed by atoms with Gasteiger partial charge in [0.2, 0.25) is 5.91 Å². The van der Waals surface area contributed by atoms with Gasteiger partial charge >= 0.3 is 0 Å². The zero-order valence-corrected chi connectivity index (χ0v) is 24.3. The highest BCUT2D eigenvalue weighted by Gasteiger charge is 2.44. The Morgan fingerprint density at radius 1 is 1.00 bits per heavy atom. The second-order valence-corrected chi connectivity index (χ2v) is 9.82. The Hall–Kier alpha value is -3.82. The zero-order chi connectivity index (χ0) is 28.6. The van der Waals surface area contributed by atoms with Crippen molar-refractivity contribution in [2.45, 2.75) is 32.7 Å². The van der Waals surface area contributed by atoms with Crippen molar-refractivity contribution in [2.24, 2.45) is 0 Å². The fourth-order valence-electron chi connectivity index (χ4n) is 4.50. The van der Waals surface area contributed by atoms with Crippen molar-refractivity contribution >= 4 is 52.1 Å². The van der Waals surface area contributed by atoms with Crippen molar-refractivity contribution in [2.75, 3.05) is 37.1 Å². The summed E-state index contributed by atoms with van der Waals surface area (Å²) in [5, 5.41) is 3.68. The van der Waals surface area contributed by atoms with E-state index < -0.39 is 6.04 Å². The molecule has 1 atom stereocenters. The molecular weight excluding hydrogens is 550 g/mol. The number of carbonyl (C=O) groups excluding carboxylic acids is 2. The number of hydrogen-bond acceptors (Lipinski definition) is 6. The van der Waals surface area contributed by atoms with Crippen LogP contribution in [0.1, 0.15) is 25.8 Å². The predicted octanol–water partition coefficient (Wildman–Crippen LogP) is 5.72. The van der Waals surface area contributed by atoms with Gasteiger partial charge in [-0.15, -0.1) is 0 Å². The second-order valence-electron chi connectivity index (χ2n) is 9.02. The molecule has 4 rings (SSSR count). The molecule has 1 aliphatic heterocycles. The Balaban J connectivity index is 1.55. The van der Waals surface area contributed by atoms with Gasteiger partial charge < -0.3 is 24.4 Å². The molecule has 0 saturated carbocycles. The number of carbonyl (C=O) groups is 2. The van der Waals surface area contributed by atoms with Gasteiger partial charge in [0.1, 0.15) is 11.8 Å². The van der Waals surface area contributed by atoms with Gasteiger partial charge in [-0.25, -0.2) is 0 Å². The van der Waals surface area contributed by atoms with Crippen molar-refractivity contribution < 1.29 is 23.8 Å². The summed E-state index contributed by atoms with van der Waals surface area (Å²) in [5.41, 5.74) is 2.16. The molecule has 3 aromatic rings. The van der Waals surface area contributed by atoms with Crippen molar-refractivity contribution in [1.29, 1.82) is 0 Å². The van der Waals surface area contributed by atoms with Gasteiger partial charge in [0.25, 0.3) is 5.91 Å². The molecule has 0 unspecified atom stereocenters. The molecular formula is C30H32ClN3O5S. The maximum atomic E-state index is 13.7. The van der Waals surface area contributed by atoms with Crippen LogP contribution in [0.15, 0.2) is 66.7 Å². The molecule has 1 N–H and O–H groups in total. The number of amides is 2. The van der Waals surface area contributed by atoms with Crippen molar-refractivity contribution in [1.82, 2.24) is 4.90 Å². The molecule has 40 heavy (non-hydrogen) atoms. The third kappa shape index (κ3) is 6.84. The molecule has 0 bridgehead atoms. The van der Waals surface area contributed by atoms with Crippen LogP contribution in [0.3, 0.4) is 0 Å². The molecule has 3 aromatic carbocycles. The minimum atomic E-state index is -0.779. The first-order valence-electron chi connectivity index (χ1n) is 13.1. The van der Waals surface area contributed by atoms with E-state index in [1.54, 1.807) is 55.6 Å². The van der Waals surface area contributed by atoms with Gasteiger partial charge in [-0.3, -0.25) is 14.5 Å². The molecule has 1 fully saturated rings. The lowest BCUT2D eigenvalue weighted by molar-refractivity contribution is -0.124. The number of rotatable bonds is 12. The summed E-state index contributed by atoms with van der Waals surface area (Å²) in [6, 6.07) is 19.0. The summed E-state index contributed by atoms with van der Waals surface area (Å²) >= 11 is 12.0. The Labute approximate surface area is 244 Å². The van der Waals surface area contributed by atoms with E-state index in [4.69, 9.17) is 38.0 Å². The van der Waals surface area contributed by atoms with Gasteiger partial charge in [-0.05, 0) is 92.6 Å². The lowest BCUT2D eigenvalue weighted by Gasteiger charge is -2.24. The van der Waals surface area contributed by atoms with Crippen LogP contribution in [-0.4, -0.2) is 54.7 Å². The number of nitrogens with one attached hydrogen (secondary N) is 1. The molecule has 210 valence electrons. The molecule has 0 spiro atoms. The van der Waals surface area contributed by atoms with E-state index in [-0.39, 0.29) is 18.2 Å². The van der Waals surface area contributed by atoms with E-state index in [0.29, 0.717) is 64.9 Å². The first kappa shape index (κ1) is 29.2. The fraction of sp³-hybridized carbons (Fsp3) is 0.300. The van der Waals surface area contributed by atoms with E-state index in [1.165, 1.54) is 4.90 Å². The average Bonchev–Trinajstić information content (AvgIpc) is 3.17. The van der Waals surface area contributed by atoms with Crippen molar-refractivity contribution in [3.8, 4) is 17.2 Å². The van der Waals surface area contributed by atoms with Gasteiger partial charge in [0.15, 0.2) is 16.6 Å². The van der Waals surface area contributed by atoms with Crippen LogP contribution in [0.4, 0.5) is 11.4 Å². The van der Waals surface area contributed by atoms with Crippen LogP contribution in [0.5, 0.6) is 17.2 Å². The van der Waals surface area contributed by atoms with Gasteiger partial charge in [-0.2, -0.15) is 0 Å². The highest BCUT2D eigenvalue weighted by molar-refractivity contribution is 7.80. The number of anilines is 2. The van der Waals surface area contributed by atoms with Crippen LogP contribution < -0.4 is 24.4 Å². The fourth-order valence-corrected chi connectivity index (χ4v) is 5.10. The monoisotopic (exact) mass is 581 g/mol. The number of hydrogen-bond donors (Lipinski definition) is 1. The molecule has 8 nitrogen and oxygen atoms in total. The van der Waals surface area contributed by atoms with Gasteiger partial charge in [0, 0.05) is 17.3 Å². The summed E-state index contributed by atoms with van der Waals surface area (Å²) in [5.74, 6) is 1.44. The van der Waals surface area contributed by atoms with Crippen LogP contribution in [0.2, 0.25) is 5.02 Å². The highest BCUT2D eigenvalue weighted by atomic mass is 35.5. The van der Waals surface area contributed by atoms with Crippen LogP contribution in [0, 0.1) is 0 Å². The highest BCUT2D eigenvalue weighted by Crippen LogP contribution is 2.31. The van der Waals surface area contributed by atoms with E-state index in [2.05, 4.69) is 5.32 Å². The largest absolute Gasteiger partial charge is 0.497 e. The smallest absolute Gasteiger partial charge is 0.256 e. The summed E-state index contributed by atoms with van der Waals surface area (Å²) in [6.45, 7) is 5.30.